The molecular weight excluding hydrogens is 236 g/mol. The molecule has 19 heavy (non-hydrogen) atoms. The molecule has 1 aliphatic carbocycles. The Bertz CT molecular complexity index is 507. The fourth-order valence-corrected chi connectivity index (χ4v) is 3.96. The van der Waals surface area contributed by atoms with Crippen LogP contribution < -0.4 is 4.90 Å². The second-order valence-electron chi connectivity index (χ2n) is 6.21. The minimum absolute atomic E-state index is 0.622. The third-order valence-corrected chi connectivity index (χ3v) is 5.09. The van der Waals surface area contributed by atoms with E-state index in [1.54, 1.807) is 0 Å². The molecule has 102 valence electrons. The molecular formula is C15H22N4. The highest BCUT2D eigenvalue weighted by Gasteiger charge is 2.38. The summed E-state index contributed by atoms with van der Waals surface area (Å²) in [6.45, 7) is 4.08. The predicted octanol–water partition coefficient (Wildman–Crippen LogP) is 2.76. The molecule has 1 aliphatic heterocycles. The Morgan fingerprint density at radius 2 is 1.79 bits per heavy atom. The standard InChI is InChI=1S/C15H22N4/c1-12-13(11-16)14(18(2)17-12)19-9-7-15(8-10-19)5-3-4-6-15/h3-10H2,1-2H3. The predicted molar refractivity (Wildman–Crippen MR) is 75.0 cm³/mol. The number of hydrogen-bond acceptors (Lipinski definition) is 3. The highest BCUT2D eigenvalue weighted by molar-refractivity contribution is 5.57. The lowest BCUT2D eigenvalue weighted by molar-refractivity contribution is 0.225. The van der Waals surface area contributed by atoms with E-state index in [9.17, 15) is 5.26 Å². The van der Waals surface area contributed by atoms with Crippen LogP contribution in [0.5, 0.6) is 0 Å². The summed E-state index contributed by atoms with van der Waals surface area (Å²) >= 11 is 0. The summed E-state index contributed by atoms with van der Waals surface area (Å²) in [4.78, 5) is 2.36. The maximum atomic E-state index is 9.32. The quantitative estimate of drug-likeness (QED) is 0.778. The van der Waals surface area contributed by atoms with Crippen LogP contribution in [0.2, 0.25) is 0 Å². The van der Waals surface area contributed by atoms with E-state index in [2.05, 4.69) is 16.1 Å². The Balaban J connectivity index is 1.80. The van der Waals surface area contributed by atoms with Crippen molar-refractivity contribution < 1.29 is 0 Å². The van der Waals surface area contributed by atoms with Crippen molar-refractivity contribution >= 4 is 5.82 Å². The molecule has 1 aromatic heterocycles. The molecule has 0 aromatic carbocycles. The fourth-order valence-electron chi connectivity index (χ4n) is 3.96. The van der Waals surface area contributed by atoms with Crippen LogP contribution in [-0.4, -0.2) is 22.9 Å². The van der Waals surface area contributed by atoms with Crippen molar-refractivity contribution in [2.45, 2.75) is 45.4 Å². The molecule has 0 bridgehead atoms. The van der Waals surface area contributed by atoms with Crippen LogP contribution in [0.15, 0.2) is 0 Å². The van der Waals surface area contributed by atoms with E-state index in [1.165, 1.54) is 38.5 Å². The van der Waals surface area contributed by atoms with Crippen LogP contribution >= 0.6 is 0 Å². The molecule has 1 aromatic rings. The van der Waals surface area contributed by atoms with Gasteiger partial charge in [0.2, 0.25) is 0 Å². The van der Waals surface area contributed by atoms with Gasteiger partial charge in [-0.05, 0) is 38.0 Å². The Labute approximate surface area is 115 Å². The second kappa shape index (κ2) is 4.56. The zero-order valence-electron chi connectivity index (χ0n) is 11.9. The topological polar surface area (TPSA) is 44.9 Å². The van der Waals surface area contributed by atoms with E-state index < -0.39 is 0 Å². The Kier molecular flexibility index (Phi) is 3.00. The maximum absolute atomic E-state index is 9.32. The largest absolute Gasteiger partial charge is 0.356 e. The molecule has 1 spiro atoms. The van der Waals surface area contributed by atoms with Gasteiger partial charge in [-0.15, -0.1) is 0 Å². The molecule has 0 N–H and O–H groups in total. The SMILES string of the molecule is Cc1nn(C)c(N2CCC3(CCCC3)CC2)c1C#N. The van der Waals surface area contributed by atoms with Crippen molar-refractivity contribution in [3.63, 3.8) is 0 Å². The lowest BCUT2D eigenvalue weighted by Gasteiger charge is -2.40. The van der Waals surface area contributed by atoms with Crippen LogP contribution in [0.4, 0.5) is 5.82 Å². The Morgan fingerprint density at radius 3 is 2.37 bits per heavy atom. The minimum Gasteiger partial charge on any atom is -0.356 e. The van der Waals surface area contributed by atoms with Gasteiger partial charge in [0.05, 0.1) is 5.69 Å². The minimum atomic E-state index is 0.622. The highest BCUT2D eigenvalue weighted by Crippen LogP contribution is 2.46. The lowest BCUT2D eigenvalue weighted by atomic mass is 9.77. The maximum Gasteiger partial charge on any atom is 0.144 e. The number of aryl methyl sites for hydroxylation is 2. The Hall–Kier alpha value is -1.50. The van der Waals surface area contributed by atoms with Gasteiger partial charge in [-0.3, -0.25) is 4.68 Å². The highest BCUT2D eigenvalue weighted by atomic mass is 15.4. The van der Waals surface area contributed by atoms with E-state index in [4.69, 9.17) is 0 Å². The monoisotopic (exact) mass is 258 g/mol. The van der Waals surface area contributed by atoms with Crippen LogP contribution in [0.25, 0.3) is 0 Å². The third-order valence-electron chi connectivity index (χ3n) is 5.09. The van der Waals surface area contributed by atoms with Crippen molar-refractivity contribution in [1.82, 2.24) is 9.78 Å². The van der Waals surface area contributed by atoms with E-state index in [0.717, 1.165) is 30.2 Å². The normalized spacial score (nSPS) is 21.8. The smallest absolute Gasteiger partial charge is 0.144 e. The molecule has 1 saturated heterocycles. The van der Waals surface area contributed by atoms with Gasteiger partial charge >= 0.3 is 0 Å². The summed E-state index contributed by atoms with van der Waals surface area (Å²) in [5.74, 6) is 1.02. The van der Waals surface area contributed by atoms with Crippen molar-refractivity contribution in [1.29, 1.82) is 5.26 Å². The summed E-state index contributed by atoms with van der Waals surface area (Å²) in [5.41, 5.74) is 2.22. The lowest BCUT2D eigenvalue weighted by Crippen LogP contribution is -2.40. The summed E-state index contributed by atoms with van der Waals surface area (Å²) in [6, 6.07) is 2.32. The first kappa shape index (κ1) is 12.5. The Morgan fingerprint density at radius 1 is 1.16 bits per heavy atom. The number of anilines is 1. The van der Waals surface area contributed by atoms with Crippen LogP contribution in [0, 0.1) is 23.7 Å². The van der Waals surface area contributed by atoms with Crippen molar-refractivity contribution in [3.8, 4) is 6.07 Å². The van der Waals surface area contributed by atoms with Gasteiger partial charge in [0.25, 0.3) is 0 Å². The van der Waals surface area contributed by atoms with E-state index in [0.29, 0.717) is 5.41 Å². The van der Waals surface area contributed by atoms with Crippen LogP contribution in [-0.2, 0) is 7.05 Å². The molecule has 0 unspecified atom stereocenters. The molecule has 4 heteroatoms. The molecule has 2 aliphatic rings. The number of aromatic nitrogens is 2. The molecule has 0 atom stereocenters. The molecule has 2 fully saturated rings. The first-order valence-corrected chi connectivity index (χ1v) is 7.34. The molecule has 2 heterocycles. The van der Waals surface area contributed by atoms with Gasteiger partial charge in [0, 0.05) is 20.1 Å². The van der Waals surface area contributed by atoms with E-state index in [1.807, 2.05) is 18.7 Å². The average molecular weight is 258 g/mol. The van der Waals surface area contributed by atoms with Gasteiger partial charge in [-0.25, -0.2) is 0 Å². The first-order chi connectivity index (χ1) is 9.15. The fraction of sp³-hybridized carbons (Fsp3) is 0.733. The number of piperidine rings is 1. The van der Waals surface area contributed by atoms with Gasteiger partial charge < -0.3 is 4.90 Å². The second-order valence-corrected chi connectivity index (χ2v) is 6.21. The van der Waals surface area contributed by atoms with Gasteiger partial charge in [0.15, 0.2) is 0 Å². The van der Waals surface area contributed by atoms with Crippen molar-refractivity contribution in [3.05, 3.63) is 11.3 Å². The summed E-state index contributed by atoms with van der Waals surface area (Å²) in [7, 11) is 1.95. The van der Waals surface area contributed by atoms with E-state index >= 15 is 0 Å². The van der Waals surface area contributed by atoms with Gasteiger partial charge in [-0.1, -0.05) is 12.8 Å². The van der Waals surface area contributed by atoms with Gasteiger partial charge in [0.1, 0.15) is 17.5 Å². The summed E-state index contributed by atoms with van der Waals surface area (Å²) in [5, 5.41) is 13.7. The van der Waals surface area contributed by atoms with Gasteiger partial charge in [-0.2, -0.15) is 10.4 Å². The number of nitrogens with zero attached hydrogens (tertiary/aromatic N) is 4. The first-order valence-electron chi connectivity index (χ1n) is 7.34. The molecule has 4 nitrogen and oxygen atoms in total. The number of rotatable bonds is 1. The third kappa shape index (κ3) is 2.01. The molecule has 1 saturated carbocycles. The average Bonchev–Trinajstić information content (AvgIpc) is 2.96. The zero-order valence-corrected chi connectivity index (χ0v) is 11.9. The number of nitriles is 1. The zero-order chi connectivity index (χ0) is 13.5. The number of hydrogen-bond donors (Lipinski definition) is 0. The molecule has 0 radical (unpaired) electrons. The molecule has 0 amide bonds. The van der Waals surface area contributed by atoms with Crippen LogP contribution in [0.3, 0.4) is 0 Å². The summed E-state index contributed by atoms with van der Waals surface area (Å²) in [6.07, 6.45) is 8.21. The van der Waals surface area contributed by atoms with E-state index in [-0.39, 0.29) is 0 Å². The van der Waals surface area contributed by atoms with Crippen molar-refractivity contribution in [2.75, 3.05) is 18.0 Å². The van der Waals surface area contributed by atoms with Crippen molar-refractivity contribution in [2.24, 2.45) is 12.5 Å². The van der Waals surface area contributed by atoms with Crippen LogP contribution in [0.1, 0.15) is 49.8 Å². The molecule has 3 rings (SSSR count). The summed E-state index contributed by atoms with van der Waals surface area (Å²) < 4.78 is 1.88.